The van der Waals surface area contributed by atoms with E-state index in [1.54, 1.807) is 7.11 Å². The molecule has 0 aliphatic carbocycles. The van der Waals surface area contributed by atoms with Crippen LogP contribution in [-0.2, 0) is 24.5 Å². The van der Waals surface area contributed by atoms with Crippen molar-refractivity contribution in [2.45, 2.75) is 49.8 Å². The maximum absolute atomic E-state index is 10.4. The summed E-state index contributed by atoms with van der Waals surface area (Å²) >= 11 is 0. The van der Waals surface area contributed by atoms with Gasteiger partial charge in [-0.1, -0.05) is 72.8 Å². The van der Waals surface area contributed by atoms with Gasteiger partial charge in [0.05, 0.1) is 13.7 Å². The smallest absolute Gasteiger partial charge is 0.184 e. The molecule has 3 aromatic rings. The zero-order chi connectivity index (χ0) is 23.8. The van der Waals surface area contributed by atoms with E-state index < -0.39 is 36.0 Å². The molecule has 6 heteroatoms. The van der Waals surface area contributed by atoms with Crippen LogP contribution in [0.1, 0.15) is 30.5 Å². The van der Waals surface area contributed by atoms with Gasteiger partial charge in [0.1, 0.15) is 29.7 Å². The number of ether oxygens (including phenoxy) is 5. The quantitative estimate of drug-likeness (QED) is 0.530. The Morgan fingerprint density at radius 1 is 0.794 bits per heavy atom. The minimum Gasteiger partial charge on any atom is -0.497 e. The number of fused-ring (bicyclic) bond motifs is 1. The maximum atomic E-state index is 10.4. The highest BCUT2D eigenvalue weighted by atomic mass is 16.8. The van der Waals surface area contributed by atoms with Crippen LogP contribution in [0, 0.1) is 0 Å². The molecule has 34 heavy (non-hydrogen) atoms. The highest BCUT2D eigenvalue weighted by Gasteiger charge is 2.55. The van der Waals surface area contributed by atoms with E-state index in [1.807, 2.05) is 74.5 Å². The normalized spacial score (nSPS) is 25.8. The van der Waals surface area contributed by atoms with Crippen LogP contribution >= 0.6 is 0 Å². The van der Waals surface area contributed by atoms with Gasteiger partial charge in [-0.25, -0.2) is 0 Å². The van der Waals surface area contributed by atoms with Crippen molar-refractivity contribution in [3.8, 4) is 5.75 Å². The van der Waals surface area contributed by atoms with Crippen LogP contribution < -0.4 is 4.74 Å². The third-order valence-corrected chi connectivity index (χ3v) is 6.45. The van der Waals surface area contributed by atoms with Gasteiger partial charge in [0.2, 0.25) is 0 Å². The van der Waals surface area contributed by atoms with Gasteiger partial charge in [-0.3, -0.25) is 0 Å². The van der Waals surface area contributed by atoms with Gasteiger partial charge < -0.3 is 28.8 Å². The fourth-order valence-electron chi connectivity index (χ4n) is 4.92. The standard InChI is InChI=1S/C28H30O6/c1-27(2)33-24-23(32-26(29)25(24)34-27)18-31-28(19-10-6-4-7-11-19,20-12-8-5-9-13-20)21-14-16-22(30-3)17-15-21/h4-17,23-26,29H,18H2,1-3H3/t23-,24-,25-,26?/m1/s1. The molecule has 0 bridgehead atoms. The molecule has 2 aliphatic heterocycles. The van der Waals surface area contributed by atoms with Crippen molar-refractivity contribution in [1.82, 2.24) is 0 Å². The predicted octanol–water partition coefficient (Wildman–Crippen LogP) is 4.24. The van der Waals surface area contributed by atoms with E-state index in [0.717, 1.165) is 22.4 Å². The Hall–Kier alpha value is -2.74. The summed E-state index contributed by atoms with van der Waals surface area (Å²) in [7, 11) is 1.65. The monoisotopic (exact) mass is 462 g/mol. The summed E-state index contributed by atoms with van der Waals surface area (Å²) < 4.78 is 30.0. The Morgan fingerprint density at radius 2 is 1.32 bits per heavy atom. The van der Waals surface area contributed by atoms with E-state index in [-0.39, 0.29) is 6.61 Å². The molecule has 0 aromatic heterocycles. The van der Waals surface area contributed by atoms with Gasteiger partial charge in [-0.05, 0) is 42.7 Å². The lowest BCUT2D eigenvalue weighted by Crippen LogP contribution is -2.39. The van der Waals surface area contributed by atoms with Crippen molar-refractivity contribution in [1.29, 1.82) is 0 Å². The van der Waals surface area contributed by atoms with Crippen molar-refractivity contribution in [2.24, 2.45) is 0 Å². The second kappa shape index (κ2) is 9.13. The molecule has 0 saturated carbocycles. The molecule has 6 nitrogen and oxygen atoms in total. The van der Waals surface area contributed by atoms with Gasteiger partial charge in [0.15, 0.2) is 12.1 Å². The Labute approximate surface area is 200 Å². The molecule has 2 aliphatic rings. The first kappa shape index (κ1) is 23.0. The minimum absolute atomic E-state index is 0.188. The number of rotatable bonds is 7. The highest BCUT2D eigenvalue weighted by molar-refractivity contribution is 5.48. The average Bonchev–Trinajstić information content (AvgIpc) is 3.34. The Morgan fingerprint density at radius 3 is 1.88 bits per heavy atom. The Bertz CT molecular complexity index is 1040. The second-order valence-corrected chi connectivity index (χ2v) is 9.08. The topological polar surface area (TPSA) is 66.4 Å². The van der Waals surface area contributed by atoms with Crippen LogP contribution in [0.5, 0.6) is 5.75 Å². The molecule has 0 spiro atoms. The zero-order valence-corrected chi connectivity index (χ0v) is 19.6. The number of benzene rings is 3. The molecule has 178 valence electrons. The summed E-state index contributed by atoms with van der Waals surface area (Å²) in [6, 6.07) is 28.1. The molecule has 2 saturated heterocycles. The predicted molar refractivity (Wildman–Crippen MR) is 126 cm³/mol. The second-order valence-electron chi connectivity index (χ2n) is 9.08. The summed E-state index contributed by atoms with van der Waals surface area (Å²) in [6.45, 7) is 3.87. The van der Waals surface area contributed by atoms with Gasteiger partial charge in [0.25, 0.3) is 0 Å². The van der Waals surface area contributed by atoms with E-state index in [2.05, 4.69) is 24.3 Å². The first-order valence-corrected chi connectivity index (χ1v) is 11.5. The van der Waals surface area contributed by atoms with E-state index in [9.17, 15) is 5.11 Å². The number of hydrogen-bond acceptors (Lipinski definition) is 6. The highest BCUT2D eigenvalue weighted by Crippen LogP contribution is 2.43. The molecule has 1 N–H and O–H groups in total. The van der Waals surface area contributed by atoms with Crippen molar-refractivity contribution < 1.29 is 28.8 Å². The fraction of sp³-hybridized carbons (Fsp3) is 0.357. The fourth-order valence-corrected chi connectivity index (χ4v) is 4.92. The van der Waals surface area contributed by atoms with Gasteiger partial charge >= 0.3 is 0 Å². The molecule has 0 radical (unpaired) electrons. The van der Waals surface area contributed by atoms with Crippen molar-refractivity contribution in [3.63, 3.8) is 0 Å². The largest absolute Gasteiger partial charge is 0.497 e. The summed E-state index contributed by atoms with van der Waals surface area (Å²) in [5.41, 5.74) is 1.98. The van der Waals surface area contributed by atoms with Crippen LogP contribution in [0.3, 0.4) is 0 Å². The summed E-state index contributed by atoms with van der Waals surface area (Å²) in [4.78, 5) is 0. The third-order valence-electron chi connectivity index (χ3n) is 6.45. The lowest BCUT2D eigenvalue weighted by atomic mass is 9.80. The van der Waals surface area contributed by atoms with E-state index in [1.165, 1.54) is 0 Å². The molecule has 0 amide bonds. The molecule has 5 rings (SSSR count). The van der Waals surface area contributed by atoms with Crippen LogP contribution in [0.15, 0.2) is 84.9 Å². The number of methoxy groups -OCH3 is 1. The zero-order valence-electron chi connectivity index (χ0n) is 19.6. The number of aliphatic hydroxyl groups is 1. The summed E-state index contributed by atoms with van der Waals surface area (Å²) in [5.74, 6) is -0.0211. The van der Waals surface area contributed by atoms with Gasteiger partial charge in [-0.15, -0.1) is 0 Å². The molecule has 2 heterocycles. The lowest BCUT2D eigenvalue weighted by molar-refractivity contribution is -0.227. The van der Waals surface area contributed by atoms with Crippen molar-refractivity contribution in [3.05, 3.63) is 102 Å². The van der Waals surface area contributed by atoms with E-state index >= 15 is 0 Å². The molecule has 4 atom stereocenters. The van der Waals surface area contributed by atoms with Crippen molar-refractivity contribution >= 4 is 0 Å². The average molecular weight is 463 g/mol. The lowest BCUT2D eigenvalue weighted by Gasteiger charge is -2.37. The number of aliphatic hydroxyl groups excluding tert-OH is 1. The molecular weight excluding hydrogens is 432 g/mol. The minimum atomic E-state index is -1.07. The van der Waals surface area contributed by atoms with Crippen LogP contribution in [0.4, 0.5) is 0 Å². The Kier molecular flexibility index (Phi) is 6.18. The SMILES string of the molecule is COc1ccc(C(OC[C@H]2OC(O)[C@@H]3OC(C)(C)O[C@H]23)(c2ccccc2)c2ccccc2)cc1. The molecule has 3 aromatic carbocycles. The maximum Gasteiger partial charge on any atom is 0.184 e. The molecule has 1 unspecified atom stereocenters. The van der Waals surface area contributed by atoms with Crippen LogP contribution in [0.2, 0.25) is 0 Å². The van der Waals surface area contributed by atoms with Gasteiger partial charge in [0, 0.05) is 0 Å². The molecule has 2 fully saturated rings. The first-order valence-electron chi connectivity index (χ1n) is 11.5. The summed E-state index contributed by atoms with van der Waals surface area (Å²) in [6.07, 6.45) is -2.53. The van der Waals surface area contributed by atoms with Gasteiger partial charge in [-0.2, -0.15) is 0 Å². The number of hydrogen-bond donors (Lipinski definition) is 1. The third kappa shape index (κ3) is 4.13. The molecular formula is C28H30O6. The van der Waals surface area contributed by atoms with E-state index in [4.69, 9.17) is 23.7 Å². The first-order chi connectivity index (χ1) is 16.4. The van der Waals surface area contributed by atoms with Crippen molar-refractivity contribution in [2.75, 3.05) is 13.7 Å². The van der Waals surface area contributed by atoms with E-state index in [0.29, 0.717) is 0 Å². The van der Waals surface area contributed by atoms with Crippen LogP contribution in [0.25, 0.3) is 0 Å². The van der Waals surface area contributed by atoms with Crippen LogP contribution in [-0.4, -0.2) is 49.2 Å². The summed E-state index contributed by atoms with van der Waals surface area (Å²) in [5, 5.41) is 10.4. The Balaban J connectivity index is 1.56.